The molecule has 0 radical (unpaired) electrons. The molecule has 1 heterocycles. The largest absolute Gasteiger partial charge is 0.324 e. The van der Waals surface area contributed by atoms with Crippen LogP contribution < -0.4 is 10.6 Å². The highest BCUT2D eigenvalue weighted by atomic mass is 19.1. The molecule has 0 fully saturated rings. The second-order valence-corrected chi connectivity index (χ2v) is 5.33. The van der Waals surface area contributed by atoms with E-state index in [9.17, 15) is 14.0 Å². The number of hydrogen-bond acceptors (Lipinski definition) is 3. The molecule has 1 aromatic heterocycles. The van der Waals surface area contributed by atoms with Crippen LogP contribution in [0.2, 0.25) is 0 Å². The van der Waals surface area contributed by atoms with Crippen molar-refractivity contribution >= 4 is 23.2 Å². The van der Waals surface area contributed by atoms with Gasteiger partial charge in [0.1, 0.15) is 5.82 Å². The zero-order valence-corrected chi connectivity index (χ0v) is 13.4. The molecular formula is C18H15FN4O2. The lowest BCUT2D eigenvalue weighted by molar-refractivity contribution is -0.114. The molecule has 3 rings (SSSR count). The Bertz CT molecular complexity index is 905. The lowest BCUT2D eigenvalue weighted by atomic mass is 10.2. The van der Waals surface area contributed by atoms with Gasteiger partial charge in [-0.2, -0.15) is 5.10 Å². The molecule has 0 aliphatic heterocycles. The molecule has 2 aromatic carbocycles. The van der Waals surface area contributed by atoms with Crippen LogP contribution in [0.25, 0.3) is 5.69 Å². The Morgan fingerprint density at radius 1 is 1.08 bits per heavy atom. The summed E-state index contributed by atoms with van der Waals surface area (Å²) in [4.78, 5) is 23.4. The molecule has 25 heavy (non-hydrogen) atoms. The van der Waals surface area contributed by atoms with Gasteiger partial charge in [-0.15, -0.1) is 0 Å². The predicted molar refractivity (Wildman–Crippen MR) is 92.2 cm³/mol. The van der Waals surface area contributed by atoms with E-state index in [1.54, 1.807) is 41.3 Å². The van der Waals surface area contributed by atoms with Crippen molar-refractivity contribution in [3.63, 3.8) is 0 Å². The van der Waals surface area contributed by atoms with Crippen molar-refractivity contribution in [1.82, 2.24) is 9.78 Å². The van der Waals surface area contributed by atoms with Gasteiger partial charge in [0.15, 0.2) is 0 Å². The Labute approximate surface area is 143 Å². The maximum atomic E-state index is 13.6. The molecule has 126 valence electrons. The van der Waals surface area contributed by atoms with E-state index in [0.717, 1.165) is 5.69 Å². The summed E-state index contributed by atoms with van der Waals surface area (Å²) < 4.78 is 15.3. The van der Waals surface area contributed by atoms with Gasteiger partial charge in [-0.05, 0) is 48.5 Å². The van der Waals surface area contributed by atoms with E-state index in [1.165, 1.54) is 25.1 Å². The summed E-state index contributed by atoms with van der Waals surface area (Å²) in [5, 5.41) is 9.17. The summed E-state index contributed by atoms with van der Waals surface area (Å²) in [6, 6.07) is 12.7. The van der Waals surface area contributed by atoms with Gasteiger partial charge in [0, 0.05) is 30.6 Å². The second-order valence-electron chi connectivity index (χ2n) is 5.33. The molecule has 0 spiro atoms. The average molecular weight is 338 g/mol. The first-order valence-corrected chi connectivity index (χ1v) is 7.51. The van der Waals surface area contributed by atoms with Crippen molar-refractivity contribution in [3.8, 4) is 5.69 Å². The SMILES string of the molecule is CC(=O)Nc1cc(NC(=O)c2ccc(-n3cccn3)cc2)ccc1F. The first-order chi connectivity index (χ1) is 12.0. The van der Waals surface area contributed by atoms with Gasteiger partial charge in [0.25, 0.3) is 5.91 Å². The first-order valence-electron chi connectivity index (χ1n) is 7.51. The molecule has 0 unspecified atom stereocenters. The van der Waals surface area contributed by atoms with Gasteiger partial charge in [-0.25, -0.2) is 9.07 Å². The number of aromatic nitrogens is 2. The standard InChI is InChI=1S/C18H15FN4O2/c1-12(24)21-17-11-14(5-8-16(17)19)22-18(25)13-3-6-15(7-4-13)23-10-2-9-20-23/h2-11H,1H3,(H,21,24)(H,22,25). The number of benzene rings is 2. The molecule has 0 atom stereocenters. The normalized spacial score (nSPS) is 10.3. The van der Waals surface area contributed by atoms with E-state index in [1.807, 2.05) is 6.07 Å². The van der Waals surface area contributed by atoms with Crippen LogP contribution in [-0.4, -0.2) is 21.6 Å². The number of carbonyl (C=O) groups excluding carboxylic acids is 2. The number of nitrogens with zero attached hydrogens (tertiary/aromatic N) is 2. The van der Waals surface area contributed by atoms with Crippen LogP contribution in [0.5, 0.6) is 0 Å². The molecule has 0 aliphatic carbocycles. The quantitative estimate of drug-likeness (QED) is 0.767. The van der Waals surface area contributed by atoms with Crippen molar-refractivity contribution in [1.29, 1.82) is 0 Å². The fourth-order valence-electron chi connectivity index (χ4n) is 2.28. The Kier molecular flexibility index (Phi) is 4.56. The Morgan fingerprint density at radius 2 is 1.84 bits per heavy atom. The van der Waals surface area contributed by atoms with E-state index >= 15 is 0 Å². The highest BCUT2D eigenvalue weighted by Gasteiger charge is 2.10. The fraction of sp³-hybridized carbons (Fsp3) is 0.0556. The molecule has 2 N–H and O–H groups in total. The van der Waals surface area contributed by atoms with E-state index in [2.05, 4.69) is 15.7 Å². The van der Waals surface area contributed by atoms with Gasteiger partial charge in [0.2, 0.25) is 5.91 Å². The second kappa shape index (κ2) is 6.96. The minimum Gasteiger partial charge on any atom is -0.324 e. The molecule has 7 heteroatoms. The zero-order chi connectivity index (χ0) is 17.8. The van der Waals surface area contributed by atoms with E-state index in [4.69, 9.17) is 0 Å². The average Bonchev–Trinajstić information content (AvgIpc) is 3.12. The number of halogens is 1. The van der Waals surface area contributed by atoms with Crippen LogP contribution >= 0.6 is 0 Å². The summed E-state index contributed by atoms with van der Waals surface area (Å²) in [5.41, 5.74) is 1.67. The highest BCUT2D eigenvalue weighted by molar-refractivity contribution is 6.04. The minimum absolute atomic E-state index is 0.0133. The summed E-state index contributed by atoms with van der Waals surface area (Å²) in [7, 11) is 0. The maximum absolute atomic E-state index is 13.6. The number of amides is 2. The van der Waals surface area contributed by atoms with Crippen molar-refractivity contribution in [2.24, 2.45) is 0 Å². The molecule has 0 saturated carbocycles. The molecule has 0 saturated heterocycles. The van der Waals surface area contributed by atoms with Gasteiger partial charge in [0.05, 0.1) is 11.4 Å². The Balaban J connectivity index is 1.75. The molecule has 0 aliphatic rings. The number of nitrogens with one attached hydrogen (secondary N) is 2. The zero-order valence-electron chi connectivity index (χ0n) is 13.4. The van der Waals surface area contributed by atoms with Crippen molar-refractivity contribution < 1.29 is 14.0 Å². The van der Waals surface area contributed by atoms with Crippen molar-refractivity contribution in [2.45, 2.75) is 6.92 Å². The Hall–Kier alpha value is -3.48. The summed E-state index contributed by atoms with van der Waals surface area (Å²) in [6.45, 7) is 1.28. The summed E-state index contributed by atoms with van der Waals surface area (Å²) in [6.07, 6.45) is 3.47. The van der Waals surface area contributed by atoms with Gasteiger partial charge < -0.3 is 10.6 Å². The third-order valence-electron chi connectivity index (χ3n) is 3.43. The molecule has 2 amide bonds. The van der Waals surface area contributed by atoms with E-state index in [-0.39, 0.29) is 11.6 Å². The van der Waals surface area contributed by atoms with E-state index < -0.39 is 11.7 Å². The minimum atomic E-state index is -0.572. The van der Waals surface area contributed by atoms with Gasteiger partial charge in [-0.1, -0.05) is 0 Å². The summed E-state index contributed by atoms with van der Waals surface area (Å²) >= 11 is 0. The highest BCUT2D eigenvalue weighted by Crippen LogP contribution is 2.20. The monoisotopic (exact) mass is 338 g/mol. The number of anilines is 2. The smallest absolute Gasteiger partial charge is 0.255 e. The predicted octanol–water partition coefficient (Wildman–Crippen LogP) is 3.22. The first kappa shape index (κ1) is 16.4. The van der Waals surface area contributed by atoms with E-state index in [0.29, 0.717) is 11.3 Å². The lowest BCUT2D eigenvalue weighted by Crippen LogP contribution is -2.13. The van der Waals surface area contributed by atoms with Crippen LogP contribution in [-0.2, 0) is 4.79 Å². The fourth-order valence-corrected chi connectivity index (χ4v) is 2.28. The number of hydrogen-bond donors (Lipinski definition) is 2. The Morgan fingerprint density at radius 3 is 2.48 bits per heavy atom. The lowest BCUT2D eigenvalue weighted by Gasteiger charge is -2.09. The maximum Gasteiger partial charge on any atom is 0.255 e. The van der Waals surface area contributed by atoms with Crippen molar-refractivity contribution in [3.05, 3.63) is 72.3 Å². The van der Waals surface area contributed by atoms with Crippen LogP contribution in [0.15, 0.2) is 60.9 Å². The van der Waals surface area contributed by atoms with Crippen LogP contribution in [0.3, 0.4) is 0 Å². The van der Waals surface area contributed by atoms with Crippen LogP contribution in [0, 0.1) is 5.82 Å². The molecular weight excluding hydrogens is 323 g/mol. The number of rotatable bonds is 4. The molecule has 0 bridgehead atoms. The van der Waals surface area contributed by atoms with Gasteiger partial charge >= 0.3 is 0 Å². The van der Waals surface area contributed by atoms with Crippen LogP contribution in [0.1, 0.15) is 17.3 Å². The number of carbonyl (C=O) groups is 2. The molecule has 3 aromatic rings. The van der Waals surface area contributed by atoms with Crippen LogP contribution in [0.4, 0.5) is 15.8 Å². The van der Waals surface area contributed by atoms with Gasteiger partial charge in [-0.3, -0.25) is 9.59 Å². The third kappa shape index (κ3) is 3.89. The molecule has 6 nitrogen and oxygen atoms in total. The van der Waals surface area contributed by atoms with Crippen molar-refractivity contribution in [2.75, 3.05) is 10.6 Å². The third-order valence-corrected chi connectivity index (χ3v) is 3.43. The topological polar surface area (TPSA) is 76.0 Å². The summed E-state index contributed by atoms with van der Waals surface area (Å²) in [5.74, 6) is -1.30.